The summed E-state index contributed by atoms with van der Waals surface area (Å²) in [6, 6.07) is 8.61. The molecule has 1 amide bonds. The van der Waals surface area contributed by atoms with E-state index < -0.39 is 0 Å². The van der Waals surface area contributed by atoms with Crippen molar-refractivity contribution in [2.45, 2.75) is 31.2 Å². The number of benzene rings is 1. The molecule has 17 heavy (non-hydrogen) atoms. The first-order valence-corrected chi connectivity index (χ1v) is 6.43. The third kappa shape index (κ3) is 2.07. The standard InChI is InChI=1S/C14H18N2O/c17-14-13(6-3-7-15-14)16-9-11-8-10-4-1-2-5-12(10)11/h1-2,4-5,11,13,16H,3,6-9H2,(H,15,17). The quantitative estimate of drug-likeness (QED) is 0.819. The molecule has 1 aromatic carbocycles. The van der Waals surface area contributed by atoms with Crippen molar-refractivity contribution in [1.29, 1.82) is 0 Å². The molecular formula is C14H18N2O. The summed E-state index contributed by atoms with van der Waals surface area (Å²) in [5, 5.41) is 6.31. The van der Waals surface area contributed by atoms with Gasteiger partial charge >= 0.3 is 0 Å². The van der Waals surface area contributed by atoms with Crippen molar-refractivity contribution in [3.05, 3.63) is 35.4 Å². The molecule has 3 rings (SSSR count). The van der Waals surface area contributed by atoms with E-state index in [0.29, 0.717) is 5.92 Å². The summed E-state index contributed by atoms with van der Waals surface area (Å²) in [6.45, 7) is 1.76. The van der Waals surface area contributed by atoms with Crippen molar-refractivity contribution in [3.8, 4) is 0 Å². The summed E-state index contributed by atoms with van der Waals surface area (Å²) in [5.41, 5.74) is 2.92. The van der Waals surface area contributed by atoms with E-state index in [2.05, 4.69) is 34.9 Å². The number of nitrogens with one attached hydrogen (secondary N) is 2. The first-order chi connectivity index (χ1) is 8.34. The molecule has 2 atom stereocenters. The molecular weight excluding hydrogens is 212 g/mol. The van der Waals surface area contributed by atoms with Crippen LogP contribution in [-0.2, 0) is 11.2 Å². The van der Waals surface area contributed by atoms with Crippen LogP contribution in [0.2, 0.25) is 0 Å². The lowest BCUT2D eigenvalue weighted by Crippen LogP contribution is -2.49. The predicted octanol–water partition coefficient (Wildman–Crippen LogP) is 1.19. The van der Waals surface area contributed by atoms with Crippen molar-refractivity contribution >= 4 is 5.91 Å². The van der Waals surface area contributed by atoms with E-state index in [1.165, 1.54) is 11.1 Å². The lowest BCUT2D eigenvalue weighted by Gasteiger charge is -2.32. The molecule has 1 aliphatic carbocycles. The number of rotatable bonds is 3. The van der Waals surface area contributed by atoms with E-state index in [0.717, 1.165) is 32.4 Å². The van der Waals surface area contributed by atoms with Crippen LogP contribution in [0.15, 0.2) is 24.3 Å². The van der Waals surface area contributed by atoms with Gasteiger partial charge in [-0.25, -0.2) is 0 Å². The van der Waals surface area contributed by atoms with Gasteiger partial charge in [-0.05, 0) is 30.4 Å². The lowest BCUT2D eigenvalue weighted by atomic mass is 9.77. The van der Waals surface area contributed by atoms with Gasteiger partial charge in [-0.1, -0.05) is 24.3 Å². The lowest BCUT2D eigenvalue weighted by molar-refractivity contribution is -0.124. The first kappa shape index (κ1) is 10.8. The van der Waals surface area contributed by atoms with Gasteiger partial charge in [-0.2, -0.15) is 0 Å². The molecule has 0 aromatic heterocycles. The van der Waals surface area contributed by atoms with Crippen molar-refractivity contribution in [1.82, 2.24) is 10.6 Å². The molecule has 1 fully saturated rings. The van der Waals surface area contributed by atoms with Gasteiger partial charge in [0.2, 0.25) is 5.91 Å². The SMILES string of the molecule is O=C1NCCCC1NCC1Cc2ccccc21. The number of hydrogen-bond acceptors (Lipinski definition) is 2. The largest absolute Gasteiger partial charge is 0.355 e. The maximum absolute atomic E-state index is 11.6. The van der Waals surface area contributed by atoms with Crippen LogP contribution in [0.1, 0.15) is 29.9 Å². The summed E-state index contributed by atoms with van der Waals surface area (Å²) in [7, 11) is 0. The molecule has 2 N–H and O–H groups in total. The summed E-state index contributed by atoms with van der Waals surface area (Å²) in [6.07, 6.45) is 3.21. The molecule has 0 spiro atoms. The second-order valence-corrected chi connectivity index (χ2v) is 4.99. The third-order valence-corrected chi connectivity index (χ3v) is 3.86. The number of fused-ring (bicyclic) bond motifs is 1. The van der Waals surface area contributed by atoms with Gasteiger partial charge < -0.3 is 10.6 Å². The number of amides is 1. The number of hydrogen-bond donors (Lipinski definition) is 2. The average Bonchev–Trinajstić information content (AvgIpc) is 2.32. The van der Waals surface area contributed by atoms with E-state index in [1.54, 1.807) is 0 Å². The molecule has 1 saturated heterocycles. The zero-order chi connectivity index (χ0) is 11.7. The molecule has 90 valence electrons. The third-order valence-electron chi connectivity index (χ3n) is 3.86. The minimum atomic E-state index is 0.0245. The van der Waals surface area contributed by atoms with Crippen molar-refractivity contribution in [2.75, 3.05) is 13.1 Å². The molecule has 0 saturated carbocycles. The minimum Gasteiger partial charge on any atom is -0.355 e. The molecule has 1 heterocycles. The summed E-state index contributed by atoms with van der Waals surface area (Å²) >= 11 is 0. The molecule has 0 radical (unpaired) electrons. The van der Waals surface area contributed by atoms with Gasteiger partial charge in [0.1, 0.15) is 0 Å². The van der Waals surface area contributed by atoms with E-state index >= 15 is 0 Å². The molecule has 3 nitrogen and oxygen atoms in total. The Morgan fingerprint density at radius 3 is 3.06 bits per heavy atom. The fourth-order valence-electron chi connectivity index (χ4n) is 2.80. The van der Waals surface area contributed by atoms with Gasteiger partial charge in [-0.15, -0.1) is 0 Å². The van der Waals surface area contributed by atoms with Gasteiger partial charge in [0.15, 0.2) is 0 Å². The van der Waals surface area contributed by atoms with Crippen LogP contribution in [0.5, 0.6) is 0 Å². The topological polar surface area (TPSA) is 41.1 Å². The highest BCUT2D eigenvalue weighted by Gasteiger charge is 2.28. The Morgan fingerprint density at radius 2 is 2.24 bits per heavy atom. The highest BCUT2D eigenvalue weighted by atomic mass is 16.2. The maximum Gasteiger partial charge on any atom is 0.237 e. The highest BCUT2D eigenvalue weighted by Crippen LogP contribution is 2.34. The van der Waals surface area contributed by atoms with E-state index in [-0.39, 0.29) is 11.9 Å². The molecule has 1 aliphatic heterocycles. The second-order valence-electron chi connectivity index (χ2n) is 4.99. The number of carbonyl (C=O) groups excluding carboxylic acids is 1. The Morgan fingerprint density at radius 1 is 1.35 bits per heavy atom. The summed E-state index contributed by atoms with van der Waals surface area (Å²) in [5.74, 6) is 0.768. The predicted molar refractivity (Wildman–Crippen MR) is 66.9 cm³/mol. The van der Waals surface area contributed by atoms with Crippen molar-refractivity contribution in [2.24, 2.45) is 0 Å². The Bertz CT molecular complexity index is 430. The van der Waals surface area contributed by atoms with E-state index in [4.69, 9.17) is 0 Å². The van der Waals surface area contributed by atoms with Crippen molar-refractivity contribution < 1.29 is 4.79 Å². The monoisotopic (exact) mass is 230 g/mol. The van der Waals surface area contributed by atoms with Gasteiger partial charge in [0.25, 0.3) is 0 Å². The summed E-state index contributed by atoms with van der Waals surface area (Å²) < 4.78 is 0. The Kier molecular flexibility index (Phi) is 2.85. The first-order valence-electron chi connectivity index (χ1n) is 6.43. The van der Waals surface area contributed by atoms with Gasteiger partial charge in [0.05, 0.1) is 6.04 Å². The molecule has 0 bridgehead atoms. The number of piperidine rings is 1. The Labute approximate surface area is 102 Å². The molecule has 1 aromatic rings. The average molecular weight is 230 g/mol. The van der Waals surface area contributed by atoms with Crippen molar-refractivity contribution in [3.63, 3.8) is 0 Å². The van der Waals surface area contributed by atoms with Crippen LogP contribution in [0.4, 0.5) is 0 Å². The van der Waals surface area contributed by atoms with E-state index in [9.17, 15) is 4.79 Å². The molecule has 2 aliphatic rings. The fourth-order valence-corrected chi connectivity index (χ4v) is 2.80. The normalized spacial score (nSPS) is 26.9. The van der Waals surface area contributed by atoms with Gasteiger partial charge in [-0.3, -0.25) is 4.79 Å². The zero-order valence-electron chi connectivity index (χ0n) is 9.91. The fraction of sp³-hybridized carbons (Fsp3) is 0.500. The van der Waals surface area contributed by atoms with Crippen LogP contribution in [-0.4, -0.2) is 25.0 Å². The zero-order valence-corrected chi connectivity index (χ0v) is 9.91. The smallest absolute Gasteiger partial charge is 0.237 e. The van der Waals surface area contributed by atoms with Crippen LogP contribution < -0.4 is 10.6 Å². The molecule has 3 heteroatoms. The van der Waals surface area contributed by atoms with Crippen LogP contribution in [0.25, 0.3) is 0 Å². The summed E-state index contributed by atoms with van der Waals surface area (Å²) in [4.78, 5) is 11.6. The van der Waals surface area contributed by atoms with Crippen LogP contribution in [0, 0.1) is 0 Å². The van der Waals surface area contributed by atoms with Crippen LogP contribution >= 0.6 is 0 Å². The number of carbonyl (C=O) groups is 1. The minimum absolute atomic E-state index is 0.0245. The second kappa shape index (κ2) is 4.49. The van der Waals surface area contributed by atoms with Gasteiger partial charge in [0, 0.05) is 19.0 Å². The van der Waals surface area contributed by atoms with Crippen LogP contribution in [0.3, 0.4) is 0 Å². The molecule has 2 unspecified atom stereocenters. The maximum atomic E-state index is 11.6. The van der Waals surface area contributed by atoms with E-state index in [1.807, 2.05) is 0 Å². The Hall–Kier alpha value is -1.35. The Balaban J connectivity index is 1.55. The highest BCUT2D eigenvalue weighted by molar-refractivity contribution is 5.82.